The highest BCUT2D eigenvalue weighted by atomic mass is 79.9. The first kappa shape index (κ1) is 16.4. The summed E-state index contributed by atoms with van der Waals surface area (Å²) in [7, 11) is 0. The van der Waals surface area contributed by atoms with E-state index < -0.39 is 0 Å². The van der Waals surface area contributed by atoms with Gasteiger partial charge in [0.15, 0.2) is 6.20 Å². The number of aromatic nitrogens is 1. The number of benzene rings is 2. The predicted octanol–water partition coefficient (Wildman–Crippen LogP) is 2.42. The normalized spacial score (nSPS) is 13.4. The van der Waals surface area contributed by atoms with E-state index in [0.29, 0.717) is 0 Å². The average Bonchev–Trinajstić information content (AvgIpc) is 2.83. The zero-order valence-electron chi connectivity index (χ0n) is 12.0. The molecule has 0 fully saturated rings. The second kappa shape index (κ2) is 6.60. The van der Waals surface area contributed by atoms with Gasteiger partial charge in [0.05, 0.1) is 11.1 Å². The number of pyridine rings is 1. The van der Waals surface area contributed by atoms with Crippen LogP contribution in [0.2, 0.25) is 5.02 Å². The van der Waals surface area contributed by atoms with Crippen molar-refractivity contribution in [3.05, 3.63) is 87.5 Å². The van der Waals surface area contributed by atoms with Crippen molar-refractivity contribution >= 4 is 39.3 Å². The van der Waals surface area contributed by atoms with Gasteiger partial charge in [0.25, 0.3) is 0 Å². The number of hydrogen-bond acceptors (Lipinski definition) is 0. The maximum absolute atomic E-state index is 6.32. The Hall–Kier alpha value is -1.42. The Bertz CT molecular complexity index is 919. The first-order chi connectivity index (χ1) is 10.7. The summed E-state index contributed by atoms with van der Waals surface area (Å²) in [5.74, 6) is 0. The van der Waals surface area contributed by atoms with Gasteiger partial charge >= 0.3 is 0 Å². The Morgan fingerprint density at radius 1 is 0.913 bits per heavy atom. The zero-order chi connectivity index (χ0) is 15.1. The maximum Gasteiger partial charge on any atom is 0.219 e. The molecule has 0 aliphatic carbocycles. The van der Waals surface area contributed by atoms with Crippen molar-refractivity contribution < 1.29 is 21.5 Å². The minimum absolute atomic E-state index is 0. The monoisotopic (exact) mass is 447 g/mol. The highest BCUT2D eigenvalue weighted by molar-refractivity contribution is 9.10. The van der Waals surface area contributed by atoms with Gasteiger partial charge in [-0.1, -0.05) is 45.7 Å². The van der Waals surface area contributed by atoms with Crippen LogP contribution in [-0.4, -0.2) is 0 Å². The molecule has 0 unspecified atom stereocenters. The van der Waals surface area contributed by atoms with Crippen LogP contribution >= 0.6 is 27.5 Å². The lowest BCUT2D eigenvalue weighted by atomic mass is 10.0. The molecule has 1 aliphatic heterocycles. The summed E-state index contributed by atoms with van der Waals surface area (Å²) in [6.07, 6.45) is 4.23. The van der Waals surface area contributed by atoms with Crippen molar-refractivity contribution in [2.24, 2.45) is 0 Å². The molecule has 4 rings (SSSR count). The van der Waals surface area contributed by atoms with Crippen molar-refractivity contribution in [1.82, 2.24) is 0 Å². The predicted molar refractivity (Wildman–Crippen MR) is 94.5 cm³/mol. The molecule has 0 spiro atoms. The molecule has 2 aromatic carbocycles. The van der Waals surface area contributed by atoms with Crippen LogP contribution in [0, 0.1) is 0 Å². The SMILES string of the molecule is Clc1ccccc1/C=C1\c2ccc(Br)cc2-c2cccc[n+]21.[Br-]. The minimum Gasteiger partial charge on any atom is -1.00 e. The molecule has 1 nitrogen and oxygen atoms in total. The molecule has 0 radical (unpaired) electrons. The fourth-order valence-electron chi connectivity index (χ4n) is 2.84. The second-order valence-corrected chi connectivity index (χ2v) is 6.52. The van der Waals surface area contributed by atoms with Gasteiger partial charge < -0.3 is 17.0 Å². The lowest BCUT2D eigenvalue weighted by Gasteiger charge is -1.99. The molecule has 0 bridgehead atoms. The van der Waals surface area contributed by atoms with Gasteiger partial charge in [0.1, 0.15) is 0 Å². The van der Waals surface area contributed by atoms with Crippen LogP contribution in [0.1, 0.15) is 11.1 Å². The van der Waals surface area contributed by atoms with E-state index in [0.717, 1.165) is 20.8 Å². The summed E-state index contributed by atoms with van der Waals surface area (Å²) in [6.45, 7) is 0. The smallest absolute Gasteiger partial charge is 0.219 e. The lowest BCUT2D eigenvalue weighted by Crippen LogP contribution is -3.00. The van der Waals surface area contributed by atoms with E-state index in [1.54, 1.807) is 0 Å². The Balaban J connectivity index is 0.00000156. The number of rotatable bonds is 1. The first-order valence-electron chi connectivity index (χ1n) is 7.01. The van der Waals surface area contributed by atoms with Crippen molar-refractivity contribution in [1.29, 1.82) is 0 Å². The van der Waals surface area contributed by atoms with Crippen LogP contribution in [0.5, 0.6) is 0 Å². The van der Waals surface area contributed by atoms with E-state index >= 15 is 0 Å². The number of hydrogen-bond donors (Lipinski definition) is 0. The van der Waals surface area contributed by atoms with Crippen molar-refractivity contribution in [2.75, 3.05) is 0 Å². The average molecular weight is 450 g/mol. The maximum atomic E-state index is 6.32. The molecule has 3 aromatic rings. The third-order valence-corrected chi connectivity index (χ3v) is 4.69. The van der Waals surface area contributed by atoms with E-state index in [-0.39, 0.29) is 17.0 Å². The van der Waals surface area contributed by atoms with Gasteiger partial charge in [-0.05, 0) is 35.9 Å². The van der Waals surface area contributed by atoms with E-state index in [2.05, 4.69) is 63.1 Å². The Labute approximate surface area is 159 Å². The van der Waals surface area contributed by atoms with E-state index in [1.165, 1.54) is 16.8 Å². The third kappa shape index (κ3) is 2.89. The zero-order valence-corrected chi connectivity index (χ0v) is 15.9. The van der Waals surface area contributed by atoms with Gasteiger partial charge in [-0.15, -0.1) is 0 Å². The third-order valence-electron chi connectivity index (χ3n) is 3.85. The molecule has 0 N–H and O–H groups in total. The van der Waals surface area contributed by atoms with Gasteiger partial charge in [-0.3, -0.25) is 0 Å². The fourth-order valence-corrected chi connectivity index (χ4v) is 3.39. The molecule has 1 aliphatic rings. The molecule has 0 saturated carbocycles. The molecule has 0 amide bonds. The Morgan fingerprint density at radius 2 is 1.70 bits per heavy atom. The number of halogens is 3. The van der Waals surface area contributed by atoms with Gasteiger partial charge in [0.2, 0.25) is 11.4 Å². The molecule has 4 heteroatoms. The van der Waals surface area contributed by atoms with Crippen molar-refractivity contribution in [3.8, 4) is 11.3 Å². The van der Waals surface area contributed by atoms with E-state index in [1.807, 2.05) is 30.3 Å². The van der Waals surface area contributed by atoms with Gasteiger partial charge in [0, 0.05) is 27.7 Å². The summed E-state index contributed by atoms with van der Waals surface area (Å²) in [4.78, 5) is 0. The molecule has 0 saturated heterocycles. The molecule has 23 heavy (non-hydrogen) atoms. The van der Waals surface area contributed by atoms with Crippen molar-refractivity contribution in [3.63, 3.8) is 0 Å². The molecular weight excluding hydrogens is 437 g/mol. The largest absolute Gasteiger partial charge is 1.00 e. The van der Waals surface area contributed by atoms with E-state index in [4.69, 9.17) is 11.6 Å². The summed E-state index contributed by atoms with van der Waals surface area (Å²) < 4.78 is 3.29. The summed E-state index contributed by atoms with van der Waals surface area (Å²) >= 11 is 9.89. The summed E-state index contributed by atoms with van der Waals surface area (Å²) in [5, 5.41) is 0.763. The summed E-state index contributed by atoms with van der Waals surface area (Å²) in [5.41, 5.74) is 5.81. The van der Waals surface area contributed by atoms with Crippen LogP contribution < -0.4 is 21.5 Å². The summed E-state index contributed by atoms with van der Waals surface area (Å²) in [6, 6.07) is 20.5. The van der Waals surface area contributed by atoms with Crippen LogP contribution in [0.4, 0.5) is 0 Å². The second-order valence-electron chi connectivity index (χ2n) is 5.20. The van der Waals surface area contributed by atoms with Gasteiger partial charge in [-0.2, -0.15) is 4.57 Å². The Kier molecular flexibility index (Phi) is 4.72. The van der Waals surface area contributed by atoms with E-state index in [9.17, 15) is 0 Å². The number of fused-ring (bicyclic) bond motifs is 3. The minimum atomic E-state index is 0. The molecule has 2 heterocycles. The van der Waals surface area contributed by atoms with Gasteiger partial charge in [-0.25, -0.2) is 0 Å². The lowest BCUT2D eigenvalue weighted by molar-refractivity contribution is -0.562. The molecule has 1 aromatic heterocycles. The quantitative estimate of drug-likeness (QED) is 0.393. The standard InChI is InChI=1S/C19H12BrClN.BrH/c20-14-8-9-15-16(12-14)18-7-3-4-10-22(18)19(15)11-13-5-1-2-6-17(13)21;/h1-12H;1H/q+1;/p-1/b19-11+;. The van der Waals surface area contributed by atoms with Crippen LogP contribution in [0.3, 0.4) is 0 Å². The van der Waals surface area contributed by atoms with Crippen LogP contribution in [0.25, 0.3) is 23.0 Å². The van der Waals surface area contributed by atoms with Crippen LogP contribution in [-0.2, 0) is 0 Å². The molecule has 0 atom stereocenters. The first-order valence-corrected chi connectivity index (χ1v) is 8.19. The molecular formula is C19H12Br2ClN. The van der Waals surface area contributed by atoms with Crippen molar-refractivity contribution in [2.45, 2.75) is 0 Å². The highest BCUT2D eigenvalue weighted by Gasteiger charge is 2.31. The topological polar surface area (TPSA) is 3.88 Å². The number of nitrogens with zero attached hydrogens (tertiary/aromatic N) is 1. The Morgan fingerprint density at radius 3 is 2.52 bits per heavy atom. The molecule has 114 valence electrons. The van der Waals surface area contributed by atoms with Crippen LogP contribution in [0.15, 0.2) is 71.3 Å². The highest BCUT2D eigenvalue weighted by Crippen LogP contribution is 2.36. The fraction of sp³-hybridized carbons (Fsp3) is 0.